The Kier molecular flexibility index (Phi) is 67.7. The number of halogens is 4. The van der Waals surface area contributed by atoms with Crippen molar-refractivity contribution in [2.75, 3.05) is 0 Å². The van der Waals surface area contributed by atoms with Gasteiger partial charge in [-0.1, -0.05) is 0 Å². The summed E-state index contributed by atoms with van der Waals surface area (Å²) >= 11 is 0. The van der Waals surface area contributed by atoms with Crippen LogP contribution in [0, 0.1) is 6.08 Å². The number of hydrogen-bond donors (Lipinski definition) is 0. The molecule has 1 rings (SSSR count). The maximum Gasteiger partial charge on any atom is 4.00 e. The van der Waals surface area contributed by atoms with Gasteiger partial charge in [-0.25, -0.2) is 12.2 Å². The van der Waals surface area contributed by atoms with E-state index in [0.717, 1.165) is 6.42 Å². The first-order chi connectivity index (χ1) is 2.50. The summed E-state index contributed by atoms with van der Waals surface area (Å²) in [5, 5.41) is 0. The molecule has 0 fully saturated rings. The van der Waals surface area contributed by atoms with Crippen molar-refractivity contribution < 1.29 is 71.3 Å². The van der Waals surface area contributed by atoms with Crippen LogP contribution in [0.25, 0.3) is 0 Å². The second-order valence-corrected chi connectivity index (χ2v) is 1.00. The smallest absolute Gasteiger partial charge is 1.00 e. The standard InChI is InChI=1S/C5H5.4ClH.Ti/c1-2-4-5-3-1;;;;;/h1-3H,4H2;4*1H;/q-1;;;;;+4/p-4. The zero-order chi connectivity index (χ0) is 3.54. The van der Waals surface area contributed by atoms with Crippen LogP contribution in [-0.2, 0) is 21.7 Å². The normalized spacial score (nSPS) is 8.80. The van der Waals surface area contributed by atoms with Gasteiger partial charge in [0.2, 0.25) is 0 Å². The van der Waals surface area contributed by atoms with Crippen molar-refractivity contribution in [1.82, 2.24) is 0 Å². The van der Waals surface area contributed by atoms with Crippen molar-refractivity contribution in [3.8, 4) is 0 Å². The average Bonchev–Trinajstić information content (AvgIpc) is 1.76. The molecule has 0 aromatic heterocycles. The molecule has 0 spiro atoms. The monoisotopic (exact) mass is 253 g/mol. The molecule has 0 unspecified atom stereocenters. The molecule has 1 aliphatic rings. The van der Waals surface area contributed by atoms with Gasteiger partial charge in [-0.15, -0.1) is 6.42 Å². The number of hydrogen-bond acceptors (Lipinski definition) is 0. The number of rotatable bonds is 0. The molecular formula is C5H5Cl4Ti-. The van der Waals surface area contributed by atoms with Gasteiger partial charge in [0.05, 0.1) is 0 Å². The summed E-state index contributed by atoms with van der Waals surface area (Å²) in [6, 6.07) is 0. The van der Waals surface area contributed by atoms with Crippen molar-refractivity contribution >= 4 is 0 Å². The summed E-state index contributed by atoms with van der Waals surface area (Å²) in [7, 11) is 0. The summed E-state index contributed by atoms with van der Waals surface area (Å²) in [5.74, 6) is 0. The molecule has 0 heterocycles. The van der Waals surface area contributed by atoms with Gasteiger partial charge in [0, 0.05) is 0 Å². The van der Waals surface area contributed by atoms with Gasteiger partial charge < -0.3 is 49.6 Å². The Hall–Kier alpha value is 1.35. The van der Waals surface area contributed by atoms with Crippen molar-refractivity contribution in [3.63, 3.8) is 0 Å². The molecule has 0 radical (unpaired) electrons. The van der Waals surface area contributed by atoms with Gasteiger partial charge in [-0.2, -0.15) is 6.08 Å². The van der Waals surface area contributed by atoms with Crippen LogP contribution in [0.3, 0.4) is 0 Å². The van der Waals surface area contributed by atoms with Crippen LogP contribution in [-0.4, -0.2) is 0 Å². The van der Waals surface area contributed by atoms with E-state index in [1.165, 1.54) is 0 Å². The average molecular weight is 255 g/mol. The molecule has 0 bridgehead atoms. The largest absolute Gasteiger partial charge is 4.00 e. The van der Waals surface area contributed by atoms with E-state index in [0.29, 0.717) is 0 Å². The molecule has 0 atom stereocenters. The molecule has 0 saturated heterocycles. The molecule has 0 saturated carbocycles. The Balaban J connectivity index is -0.0000000167. The van der Waals surface area contributed by atoms with Crippen molar-refractivity contribution in [2.24, 2.45) is 0 Å². The van der Waals surface area contributed by atoms with E-state index < -0.39 is 0 Å². The number of allylic oxidation sites excluding steroid dienone is 4. The van der Waals surface area contributed by atoms with Gasteiger partial charge in [-0.3, -0.25) is 6.08 Å². The minimum absolute atomic E-state index is 0. The van der Waals surface area contributed by atoms with Crippen LogP contribution < -0.4 is 49.6 Å². The van der Waals surface area contributed by atoms with E-state index in [1.807, 2.05) is 12.2 Å². The third-order valence-corrected chi connectivity index (χ3v) is 0.586. The molecule has 0 aromatic rings. The van der Waals surface area contributed by atoms with E-state index in [1.54, 1.807) is 0 Å². The molecule has 0 amide bonds. The molecule has 0 nitrogen and oxygen atoms in total. The Bertz CT molecular complexity index is 71.7. The molecule has 0 aliphatic heterocycles. The molecule has 58 valence electrons. The zero-order valence-electron chi connectivity index (χ0n) is 4.95. The first-order valence-corrected chi connectivity index (χ1v) is 1.72. The topological polar surface area (TPSA) is 0 Å². The second-order valence-electron chi connectivity index (χ2n) is 1.00. The summed E-state index contributed by atoms with van der Waals surface area (Å²) in [5.41, 5.74) is 0. The Morgan fingerprint density at radius 3 is 1.60 bits per heavy atom. The summed E-state index contributed by atoms with van der Waals surface area (Å²) in [6.45, 7) is 0. The molecule has 0 aromatic carbocycles. The van der Waals surface area contributed by atoms with Crippen molar-refractivity contribution in [3.05, 3.63) is 24.3 Å². The van der Waals surface area contributed by atoms with Crippen molar-refractivity contribution in [2.45, 2.75) is 6.42 Å². The van der Waals surface area contributed by atoms with E-state index in [-0.39, 0.29) is 71.3 Å². The zero-order valence-corrected chi connectivity index (χ0v) is 9.54. The quantitative estimate of drug-likeness (QED) is 0.298. The third-order valence-electron chi connectivity index (χ3n) is 0.586. The maximum absolute atomic E-state index is 2.99. The first kappa shape index (κ1) is 30.1. The van der Waals surface area contributed by atoms with E-state index >= 15 is 0 Å². The van der Waals surface area contributed by atoms with Gasteiger partial charge in [0.1, 0.15) is 0 Å². The Morgan fingerprint density at radius 2 is 1.50 bits per heavy atom. The van der Waals surface area contributed by atoms with Crippen LogP contribution in [0.5, 0.6) is 0 Å². The van der Waals surface area contributed by atoms with Crippen LogP contribution in [0.4, 0.5) is 0 Å². The Morgan fingerprint density at radius 1 is 1.00 bits per heavy atom. The van der Waals surface area contributed by atoms with Crippen molar-refractivity contribution in [1.29, 1.82) is 0 Å². The fourth-order valence-corrected chi connectivity index (χ4v) is 0.340. The molecule has 1 aliphatic carbocycles. The van der Waals surface area contributed by atoms with Crippen LogP contribution >= 0.6 is 0 Å². The SMILES string of the molecule is [C-]1=CC=CC1.[Cl-].[Cl-].[Cl-].[Cl-].[Ti+4]. The summed E-state index contributed by atoms with van der Waals surface area (Å²) in [4.78, 5) is 0. The first-order valence-electron chi connectivity index (χ1n) is 1.72. The summed E-state index contributed by atoms with van der Waals surface area (Å²) in [6.07, 6.45) is 10.0. The van der Waals surface area contributed by atoms with Crippen LogP contribution in [0.1, 0.15) is 6.42 Å². The summed E-state index contributed by atoms with van der Waals surface area (Å²) < 4.78 is 0. The fraction of sp³-hybridized carbons (Fsp3) is 0.200. The third kappa shape index (κ3) is 16.2. The minimum Gasteiger partial charge on any atom is -1.00 e. The van der Waals surface area contributed by atoms with Gasteiger partial charge >= 0.3 is 21.7 Å². The molecule has 10 heavy (non-hydrogen) atoms. The predicted octanol–water partition coefficient (Wildman–Crippen LogP) is -10.7. The Labute approximate surface area is 101 Å². The minimum atomic E-state index is 0. The molecular weight excluding hydrogens is 250 g/mol. The molecule has 0 N–H and O–H groups in total. The van der Waals surface area contributed by atoms with E-state index in [4.69, 9.17) is 0 Å². The fourth-order valence-electron chi connectivity index (χ4n) is 0.340. The van der Waals surface area contributed by atoms with Gasteiger partial charge in [-0.05, 0) is 0 Å². The van der Waals surface area contributed by atoms with Gasteiger partial charge in [0.15, 0.2) is 0 Å². The second kappa shape index (κ2) is 22.4. The van der Waals surface area contributed by atoms with Crippen LogP contribution in [0.15, 0.2) is 18.2 Å². The molecule has 5 heteroatoms. The van der Waals surface area contributed by atoms with Gasteiger partial charge in [0.25, 0.3) is 0 Å². The predicted molar refractivity (Wildman–Crippen MR) is 21.6 cm³/mol. The van der Waals surface area contributed by atoms with Crippen LogP contribution in [0.2, 0.25) is 0 Å². The maximum atomic E-state index is 2.99. The van der Waals surface area contributed by atoms with E-state index in [9.17, 15) is 0 Å². The van der Waals surface area contributed by atoms with E-state index in [2.05, 4.69) is 12.2 Å².